The van der Waals surface area contributed by atoms with E-state index in [2.05, 4.69) is 16.8 Å². The maximum absolute atomic E-state index is 13.4. The Morgan fingerprint density at radius 2 is 2.04 bits per heavy atom. The number of nitrogens with zero attached hydrogens (tertiary/aromatic N) is 2. The number of halogens is 1. The summed E-state index contributed by atoms with van der Waals surface area (Å²) in [5.74, 6) is -0.260. The molecular formula is C17H20FN3O2. The first kappa shape index (κ1) is 15.7. The first-order valence-electron chi connectivity index (χ1n) is 7.65. The Morgan fingerprint density at radius 1 is 1.30 bits per heavy atom. The highest BCUT2D eigenvalue weighted by molar-refractivity contribution is 6.06. The van der Waals surface area contributed by atoms with Crippen LogP contribution in [0, 0.1) is 11.7 Å². The summed E-state index contributed by atoms with van der Waals surface area (Å²) in [6.45, 7) is 3.39. The van der Waals surface area contributed by atoms with Crippen molar-refractivity contribution in [2.45, 2.75) is 13.0 Å². The second-order valence-corrected chi connectivity index (χ2v) is 6.46. The molecule has 2 aromatic rings. The zero-order chi connectivity index (χ0) is 16.7. The number of hydrogen-bond donors (Lipinski definition) is 1. The molecule has 0 saturated carbocycles. The average molecular weight is 317 g/mol. The van der Waals surface area contributed by atoms with Crippen LogP contribution < -0.4 is 5.56 Å². The van der Waals surface area contributed by atoms with Crippen molar-refractivity contribution in [2.24, 2.45) is 5.92 Å². The van der Waals surface area contributed by atoms with Crippen LogP contribution in [-0.4, -0.2) is 53.9 Å². The average Bonchev–Trinajstić information content (AvgIpc) is 2.87. The van der Waals surface area contributed by atoms with Gasteiger partial charge in [0.05, 0.1) is 11.1 Å². The Bertz CT molecular complexity index is 815. The van der Waals surface area contributed by atoms with Crippen molar-refractivity contribution >= 4 is 16.8 Å². The van der Waals surface area contributed by atoms with E-state index in [4.69, 9.17) is 0 Å². The van der Waals surface area contributed by atoms with Crippen LogP contribution >= 0.6 is 0 Å². The first-order valence-corrected chi connectivity index (χ1v) is 7.65. The highest BCUT2D eigenvalue weighted by atomic mass is 19.1. The Labute approximate surface area is 133 Å². The molecule has 6 heteroatoms. The number of likely N-dealkylation sites (tertiary alicyclic amines) is 1. The van der Waals surface area contributed by atoms with Gasteiger partial charge in [0.2, 0.25) is 5.56 Å². The Morgan fingerprint density at radius 3 is 2.70 bits per heavy atom. The number of hydrogen-bond acceptors (Lipinski definition) is 3. The van der Waals surface area contributed by atoms with Gasteiger partial charge in [0.1, 0.15) is 5.82 Å². The molecule has 0 spiro atoms. The molecule has 1 aromatic heterocycles. The second-order valence-electron chi connectivity index (χ2n) is 6.46. The molecule has 1 fully saturated rings. The van der Waals surface area contributed by atoms with Gasteiger partial charge in [-0.2, -0.15) is 0 Å². The zero-order valence-electron chi connectivity index (χ0n) is 13.5. The molecule has 1 N–H and O–H groups in total. The van der Waals surface area contributed by atoms with Gasteiger partial charge >= 0.3 is 0 Å². The van der Waals surface area contributed by atoms with E-state index in [0.717, 1.165) is 0 Å². The highest BCUT2D eigenvalue weighted by Gasteiger charge is 2.34. The number of aromatic amines is 1. The van der Waals surface area contributed by atoms with Crippen molar-refractivity contribution in [2.75, 3.05) is 27.2 Å². The van der Waals surface area contributed by atoms with Crippen molar-refractivity contribution in [3.05, 3.63) is 46.0 Å². The Kier molecular flexibility index (Phi) is 3.93. The molecule has 0 aliphatic carbocycles. The lowest BCUT2D eigenvalue weighted by Crippen LogP contribution is -2.36. The minimum absolute atomic E-state index is 0.177. The predicted molar refractivity (Wildman–Crippen MR) is 87.1 cm³/mol. The van der Waals surface area contributed by atoms with E-state index < -0.39 is 11.4 Å². The number of pyridine rings is 1. The Balaban J connectivity index is 2.00. The number of amides is 1. The smallest absolute Gasteiger partial charge is 0.254 e. The SMILES string of the molecule is C[C@H]1CN(C(=O)c2cc(=O)[nH]c3cc(F)ccc23)C[C@@H]1N(C)C. The van der Waals surface area contributed by atoms with Gasteiger partial charge in [-0.25, -0.2) is 4.39 Å². The minimum atomic E-state index is -0.444. The third-order valence-electron chi connectivity index (χ3n) is 4.56. The molecular weight excluding hydrogens is 297 g/mol. The lowest BCUT2D eigenvalue weighted by molar-refractivity contribution is 0.0783. The van der Waals surface area contributed by atoms with E-state index in [1.807, 2.05) is 14.1 Å². The predicted octanol–water partition coefficient (Wildman–Crippen LogP) is 1.69. The van der Waals surface area contributed by atoms with Crippen LogP contribution in [0.4, 0.5) is 4.39 Å². The van der Waals surface area contributed by atoms with Gasteiger partial charge < -0.3 is 14.8 Å². The van der Waals surface area contributed by atoms with Crippen LogP contribution in [0.5, 0.6) is 0 Å². The number of aromatic nitrogens is 1. The molecule has 1 aromatic carbocycles. The fourth-order valence-corrected chi connectivity index (χ4v) is 3.37. The third-order valence-corrected chi connectivity index (χ3v) is 4.56. The number of likely N-dealkylation sites (N-methyl/N-ethyl adjacent to an activating group) is 1. The van der Waals surface area contributed by atoms with Crippen molar-refractivity contribution in [1.82, 2.24) is 14.8 Å². The van der Waals surface area contributed by atoms with E-state index in [1.165, 1.54) is 24.3 Å². The molecule has 3 rings (SSSR count). The van der Waals surface area contributed by atoms with Crippen molar-refractivity contribution in [3.8, 4) is 0 Å². The van der Waals surface area contributed by atoms with Crippen LogP contribution in [0.3, 0.4) is 0 Å². The van der Waals surface area contributed by atoms with Gasteiger partial charge in [0.15, 0.2) is 0 Å². The van der Waals surface area contributed by atoms with Crippen LogP contribution in [0.25, 0.3) is 10.9 Å². The van der Waals surface area contributed by atoms with Crippen LogP contribution in [0.1, 0.15) is 17.3 Å². The van der Waals surface area contributed by atoms with Gasteiger partial charge in [0.25, 0.3) is 5.91 Å². The quantitative estimate of drug-likeness (QED) is 0.917. The molecule has 23 heavy (non-hydrogen) atoms. The lowest BCUT2D eigenvalue weighted by Gasteiger charge is -2.22. The maximum atomic E-state index is 13.4. The normalized spacial score (nSPS) is 21.3. The van der Waals surface area contributed by atoms with Gasteiger partial charge in [-0.05, 0) is 38.2 Å². The Hall–Kier alpha value is -2.21. The molecule has 1 amide bonds. The highest BCUT2D eigenvalue weighted by Crippen LogP contribution is 2.24. The fourth-order valence-electron chi connectivity index (χ4n) is 3.37. The third kappa shape index (κ3) is 2.86. The van der Waals surface area contributed by atoms with Gasteiger partial charge in [-0.3, -0.25) is 9.59 Å². The van der Waals surface area contributed by atoms with Gasteiger partial charge in [-0.15, -0.1) is 0 Å². The van der Waals surface area contributed by atoms with E-state index in [9.17, 15) is 14.0 Å². The molecule has 1 saturated heterocycles. The van der Waals surface area contributed by atoms with E-state index in [0.29, 0.717) is 41.5 Å². The van der Waals surface area contributed by atoms with Crippen LogP contribution in [0.2, 0.25) is 0 Å². The topological polar surface area (TPSA) is 56.4 Å². The van der Waals surface area contributed by atoms with Crippen LogP contribution in [-0.2, 0) is 0 Å². The number of carbonyl (C=O) groups is 1. The van der Waals surface area contributed by atoms with Crippen molar-refractivity contribution < 1.29 is 9.18 Å². The standard InChI is InChI=1S/C17H20FN3O2/c1-10-8-21(9-15(10)20(2)3)17(23)13-7-16(22)19-14-6-11(18)4-5-12(13)14/h4-7,10,15H,8-9H2,1-3H3,(H,19,22)/t10-,15-/m0/s1. The molecule has 0 radical (unpaired) electrons. The summed E-state index contributed by atoms with van der Waals surface area (Å²) in [5, 5.41) is 0.567. The molecule has 1 aliphatic rings. The van der Waals surface area contributed by atoms with Gasteiger partial charge in [0, 0.05) is 30.6 Å². The summed E-state index contributed by atoms with van der Waals surface area (Å²) in [4.78, 5) is 31.2. The number of rotatable bonds is 2. The number of carbonyl (C=O) groups excluding carboxylic acids is 1. The molecule has 5 nitrogen and oxygen atoms in total. The monoisotopic (exact) mass is 317 g/mol. The number of fused-ring (bicyclic) bond motifs is 1. The van der Waals surface area contributed by atoms with Crippen LogP contribution in [0.15, 0.2) is 29.1 Å². The van der Waals surface area contributed by atoms with Crippen molar-refractivity contribution in [3.63, 3.8) is 0 Å². The summed E-state index contributed by atoms with van der Waals surface area (Å²) < 4.78 is 13.4. The molecule has 2 atom stereocenters. The molecule has 1 aliphatic heterocycles. The zero-order valence-corrected chi connectivity index (χ0v) is 13.5. The summed E-state index contributed by atoms with van der Waals surface area (Å²) >= 11 is 0. The lowest BCUT2D eigenvalue weighted by atomic mass is 10.1. The fraction of sp³-hybridized carbons (Fsp3) is 0.412. The largest absolute Gasteiger partial charge is 0.337 e. The molecule has 0 unspecified atom stereocenters. The summed E-state index contributed by atoms with van der Waals surface area (Å²) in [6, 6.07) is 5.67. The second kappa shape index (κ2) is 5.77. The molecule has 2 heterocycles. The number of benzene rings is 1. The van der Waals surface area contributed by atoms with E-state index in [-0.39, 0.29) is 5.91 Å². The minimum Gasteiger partial charge on any atom is -0.337 e. The van der Waals surface area contributed by atoms with Crippen molar-refractivity contribution in [1.29, 1.82) is 0 Å². The number of nitrogens with one attached hydrogen (secondary N) is 1. The maximum Gasteiger partial charge on any atom is 0.254 e. The first-order chi connectivity index (χ1) is 10.9. The summed E-state index contributed by atoms with van der Waals surface area (Å²) in [5.41, 5.74) is 0.274. The summed E-state index contributed by atoms with van der Waals surface area (Å²) in [7, 11) is 4.00. The molecule has 0 bridgehead atoms. The molecule has 122 valence electrons. The van der Waals surface area contributed by atoms with E-state index in [1.54, 1.807) is 4.90 Å². The summed E-state index contributed by atoms with van der Waals surface area (Å²) in [6.07, 6.45) is 0. The number of H-pyrrole nitrogens is 1. The van der Waals surface area contributed by atoms with Gasteiger partial charge in [-0.1, -0.05) is 6.92 Å². The van der Waals surface area contributed by atoms with E-state index >= 15 is 0 Å².